The Bertz CT molecular complexity index is 702. The fourth-order valence-corrected chi connectivity index (χ4v) is 2.09. The van der Waals surface area contributed by atoms with Gasteiger partial charge in [-0.2, -0.15) is 18.2 Å². The molecule has 0 saturated heterocycles. The number of aliphatic hydroxyl groups excluding tert-OH is 1. The van der Waals surface area contributed by atoms with Crippen LogP contribution in [-0.4, -0.2) is 27.7 Å². The number of aryl methyl sites for hydroxylation is 1. The van der Waals surface area contributed by atoms with Gasteiger partial charge in [0, 0.05) is 11.8 Å². The Morgan fingerprint density at radius 3 is 2.28 bits per heavy atom. The van der Waals surface area contributed by atoms with Crippen LogP contribution in [0.15, 0.2) is 30.3 Å². The number of rotatable bonds is 6. The molecule has 2 rings (SSSR count). The van der Waals surface area contributed by atoms with Crippen molar-refractivity contribution in [3.05, 3.63) is 41.6 Å². The number of aliphatic hydroxyl groups is 1. The zero-order valence-corrected chi connectivity index (χ0v) is 14.2. The first-order chi connectivity index (χ1) is 11.7. The lowest BCUT2D eigenvalue weighted by atomic mass is 10.1. The number of halogens is 3. The molecule has 3 N–H and O–H groups in total. The Morgan fingerprint density at radius 2 is 1.76 bits per heavy atom. The maximum Gasteiger partial charge on any atom is 0.433 e. The van der Waals surface area contributed by atoms with Crippen molar-refractivity contribution in [3.63, 3.8) is 0 Å². The smallest absolute Gasteiger partial charge is 0.394 e. The number of nitrogens with zero attached hydrogens (tertiary/aromatic N) is 2. The topological polar surface area (TPSA) is 70.1 Å². The highest BCUT2D eigenvalue weighted by molar-refractivity contribution is 5.58. The Labute approximate surface area is 144 Å². The second kappa shape index (κ2) is 7.69. The Hall–Kier alpha value is -2.35. The minimum Gasteiger partial charge on any atom is -0.394 e. The van der Waals surface area contributed by atoms with Gasteiger partial charge in [0.15, 0.2) is 5.69 Å². The molecule has 0 fully saturated rings. The van der Waals surface area contributed by atoms with Crippen molar-refractivity contribution in [2.75, 3.05) is 17.2 Å². The second-order valence-electron chi connectivity index (χ2n) is 6.13. The number of hydrogen-bond donors (Lipinski definition) is 3. The van der Waals surface area contributed by atoms with Crippen molar-refractivity contribution in [3.8, 4) is 0 Å². The first-order valence-electron chi connectivity index (χ1n) is 7.86. The van der Waals surface area contributed by atoms with E-state index in [0.717, 1.165) is 11.6 Å². The van der Waals surface area contributed by atoms with Gasteiger partial charge in [0.05, 0.1) is 12.6 Å². The van der Waals surface area contributed by atoms with Crippen LogP contribution in [0.1, 0.15) is 25.1 Å². The average molecular weight is 354 g/mol. The molecule has 25 heavy (non-hydrogen) atoms. The van der Waals surface area contributed by atoms with Crippen LogP contribution < -0.4 is 10.6 Å². The molecule has 1 atom stereocenters. The summed E-state index contributed by atoms with van der Waals surface area (Å²) in [5.41, 5.74) is 0.597. The minimum absolute atomic E-state index is 0.00310. The van der Waals surface area contributed by atoms with Crippen molar-refractivity contribution < 1.29 is 18.3 Å². The monoisotopic (exact) mass is 354 g/mol. The Morgan fingerprint density at radius 1 is 1.12 bits per heavy atom. The number of benzene rings is 1. The third-order valence-electron chi connectivity index (χ3n) is 3.66. The maximum atomic E-state index is 13.1. The summed E-state index contributed by atoms with van der Waals surface area (Å²) < 4.78 is 39.4. The van der Waals surface area contributed by atoms with E-state index in [2.05, 4.69) is 20.6 Å². The van der Waals surface area contributed by atoms with Crippen LogP contribution in [0, 0.1) is 12.8 Å². The lowest BCUT2D eigenvalue weighted by Gasteiger charge is -2.21. The number of hydrogen-bond acceptors (Lipinski definition) is 5. The van der Waals surface area contributed by atoms with Crippen molar-refractivity contribution >= 4 is 17.5 Å². The van der Waals surface area contributed by atoms with Gasteiger partial charge in [-0.1, -0.05) is 31.5 Å². The van der Waals surface area contributed by atoms with Crippen molar-refractivity contribution in [2.45, 2.75) is 33.0 Å². The molecule has 1 aromatic carbocycles. The molecule has 0 unspecified atom stereocenters. The van der Waals surface area contributed by atoms with Crippen LogP contribution in [0.2, 0.25) is 0 Å². The SMILES string of the molecule is Cc1ccc(Nc2cc(C(F)(F)F)nc(N[C@@H](CO)C(C)C)n2)cc1. The standard InChI is InChI=1S/C17H21F3N4O/c1-10(2)13(9-25)22-16-23-14(17(18,19)20)8-15(24-16)21-12-6-4-11(3)5-7-12/h4-8,10,13,25H,9H2,1-3H3,(H2,21,22,23,24)/t13-/m0/s1. The summed E-state index contributed by atoms with van der Waals surface area (Å²) in [5, 5.41) is 15.0. The Kier molecular flexibility index (Phi) is 5.84. The molecule has 0 radical (unpaired) electrons. The maximum absolute atomic E-state index is 13.1. The zero-order valence-electron chi connectivity index (χ0n) is 14.2. The summed E-state index contributed by atoms with van der Waals surface area (Å²) in [6.07, 6.45) is -4.60. The van der Waals surface area contributed by atoms with E-state index >= 15 is 0 Å². The quantitative estimate of drug-likeness (QED) is 0.732. The van der Waals surface area contributed by atoms with E-state index in [9.17, 15) is 18.3 Å². The lowest BCUT2D eigenvalue weighted by molar-refractivity contribution is -0.141. The molecule has 0 bridgehead atoms. The molecular formula is C17H21F3N4O. The van der Waals surface area contributed by atoms with E-state index in [1.807, 2.05) is 32.9 Å². The van der Waals surface area contributed by atoms with Crippen LogP contribution in [-0.2, 0) is 6.18 Å². The normalized spacial score (nSPS) is 13.0. The molecule has 5 nitrogen and oxygen atoms in total. The third-order valence-corrected chi connectivity index (χ3v) is 3.66. The Balaban J connectivity index is 2.34. The van der Waals surface area contributed by atoms with E-state index in [-0.39, 0.29) is 24.3 Å². The van der Waals surface area contributed by atoms with E-state index in [0.29, 0.717) is 5.69 Å². The predicted octanol–water partition coefficient (Wildman–Crippen LogP) is 3.98. The van der Waals surface area contributed by atoms with E-state index < -0.39 is 17.9 Å². The fourth-order valence-electron chi connectivity index (χ4n) is 2.09. The fraction of sp³-hybridized carbons (Fsp3) is 0.412. The number of anilines is 3. The summed E-state index contributed by atoms with van der Waals surface area (Å²) in [6, 6.07) is 7.59. The molecule has 1 aromatic heterocycles. The predicted molar refractivity (Wildman–Crippen MR) is 90.8 cm³/mol. The lowest BCUT2D eigenvalue weighted by Crippen LogP contribution is -2.30. The van der Waals surface area contributed by atoms with Crippen molar-refractivity contribution in [1.82, 2.24) is 9.97 Å². The van der Waals surface area contributed by atoms with Gasteiger partial charge in [-0.15, -0.1) is 0 Å². The largest absolute Gasteiger partial charge is 0.433 e. The summed E-state index contributed by atoms with van der Waals surface area (Å²) in [7, 11) is 0. The molecule has 2 aromatic rings. The first-order valence-corrected chi connectivity index (χ1v) is 7.86. The summed E-state index contributed by atoms with van der Waals surface area (Å²) in [4.78, 5) is 7.62. The molecule has 0 aliphatic rings. The van der Waals surface area contributed by atoms with Crippen LogP contribution in [0.4, 0.5) is 30.6 Å². The molecule has 0 spiro atoms. The summed E-state index contributed by atoms with van der Waals surface area (Å²) in [6.45, 7) is 5.36. The average Bonchev–Trinajstić information content (AvgIpc) is 2.53. The molecule has 136 valence electrons. The molecular weight excluding hydrogens is 333 g/mol. The third kappa shape index (κ3) is 5.32. The van der Waals surface area contributed by atoms with E-state index in [1.54, 1.807) is 12.1 Å². The molecule has 0 aliphatic carbocycles. The van der Waals surface area contributed by atoms with Crippen LogP contribution in [0.25, 0.3) is 0 Å². The van der Waals surface area contributed by atoms with Gasteiger partial charge in [0.25, 0.3) is 0 Å². The van der Waals surface area contributed by atoms with Gasteiger partial charge in [-0.3, -0.25) is 0 Å². The molecule has 0 amide bonds. The van der Waals surface area contributed by atoms with Crippen LogP contribution in [0.3, 0.4) is 0 Å². The zero-order chi connectivity index (χ0) is 18.6. The second-order valence-corrected chi connectivity index (χ2v) is 6.13. The molecule has 0 aliphatic heterocycles. The van der Waals surface area contributed by atoms with E-state index in [4.69, 9.17) is 0 Å². The summed E-state index contributed by atoms with van der Waals surface area (Å²) >= 11 is 0. The number of alkyl halides is 3. The van der Waals surface area contributed by atoms with Crippen LogP contribution in [0.5, 0.6) is 0 Å². The highest BCUT2D eigenvalue weighted by Gasteiger charge is 2.34. The number of aromatic nitrogens is 2. The minimum atomic E-state index is -4.60. The summed E-state index contributed by atoms with van der Waals surface area (Å²) in [5.74, 6) is -0.164. The first kappa shape index (κ1) is 19.0. The van der Waals surface area contributed by atoms with Gasteiger partial charge in [0.2, 0.25) is 5.95 Å². The number of nitrogens with one attached hydrogen (secondary N) is 2. The molecule has 1 heterocycles. The highest BCUT2D eigenvalue weighted by atomic mass is 19.4. The highest BCUT2D eigenvalue weighted by Crippen LogP contribution is 2.30. The van der Waals surface area contributed by atoms with Crippen molar-refractivity contribution in [2.24, 2.45) is 5.92 Å². The van der Waals surface area contributed by atoms with Crippen molar-refractivity contribution in [1.29, 1.82) is 0 Å². The van der Waals surface area contributed by atoms with Gasteiger partial charge in [-0.25, -0.2) is 4.98 Å². The van der Waals surface area contributed by atoms with Gasteiger partial charge in [-0.05, 0) is 25.0 Å². The van der Waals surface area contributed by atoms with Gasteiger partial charge < -0.3 is 15.7 Å². The van der Waals surface area contributed by atoms with Gasteiger partial charge in [0.1, 0.15) is 5.82 Å². The molecule has 8 heteroatoms. The van der Waals surface area contributed by atoms with Gasteiger partial charge >= 0.3 is 6.18 Å². The van der Waals surface area contributed by atoms with Crippen LogP contribution >= 0.6 is 0 Å². The molecule has 0 saturated carbocycles. The van der Waals surface area contributed by atoms with E-state index in [1.165, 1.54) is 0 Å².